The Morgan fingerprint density at radius 2 is 2.35 bits per heavy atom. The predicted octanol–water partition coefficient (Wildman–Crippen LogP) is 1.44. The van der Waals surface area contributed by atoms with Crippen molar-refractivity contribution in [3.05, 3.63) is 23.3 Å². The zero-order chi connectivity index (χ0) is 16.2. The zero-order valence-electron chi connectivity index (χ0n) is 13.5. The second kappa shape index (κ2) is 6.89. The lowest BCUT2D eigenvalue weighted by atomic mass is 10.0. The molecule has 1 N–H and O–H groups in total. The number of aromatic nitrogens is 5. The zero-order valence-corrected chi connectivity index (χ0v) is 13.5. The minimum Gasteiger partial charge on any atom is -0.359 e. The maximum absolute atomic E-state index is 12.5. The van der Waals surface area contributed by atoms with Crippen LogP contribution in [0.3, 0.4) is 0 Å². The predicted molar refractivity (Wildman–Crippen MR) is 81.3 cm³/mol. The molecule has 1 unspecified atom stereocenters. The molecule has 0 fully saturated rings. The number of aryl methyl sites for hydroxylation is 1. The van der Waals surface area contributed by atoms with Crippen molar-refractivity contribution in [2.24, 2.45) is 5.92 Å². The molecule has 0 saturated carbocycles. The molecule has 1 atom stereocenters. The number of hydrogen-bond acceptors (Lipinski definition) is 6. The Morgan fingerprint density at radius 3 is 3.17 bits per heavy atom. The van der Waals surface area contributed by atoms with Gasteiger partial charge in [-0.15, -0.1) is 5.10 Å². The molecule has 124 valence electrons. The van der Waals surface area contributed by atoms with Gasteiger partial charge in [-0.05, 0) is 35.6 Å². The Labute approximate surface area is 134 Å². The van der Waals surface area contributed by atoms with Crippen LogP contribution >= 0.6 is 0 Å². The first-order chi connectivity index (χ1) is 11.1. The molecule has 0 aliphatic carbocycles. The van der Waals surface area contributed by atoms with Crippen LogP contribution in [0.4, 0.5) is 0 Å². The van der Waals surface area contributed by atoms with Crippen LogP contribution in [-0.2, 0) is 24.3 Å². The van der Waals surface area contributed by atoms with Gasteiger partial charge in [0.05, 0.1) is 18.2 Å². The van der Waals surface area contributed by atoms with E-state index in [9.17, 15) is 4.79 Å². The van der Waals surface area contributed by atoms with E-state index >= 15 is 0 Å². The maximum atomic E-state index is 12.5. The lowest BCUT2D eigenvalue weighted by Gasteiger charge is -2.12. The number of carbonyl (C=O) groups excluding carboxylic acids is 1. The SMILES string of the molecule is CC(C)Cc1cc(CNC(=O)C2CCCCn3nnnc32)on1. The minimum atomic E-state index is -0.300. The third kappa shape index (κ3) is 3.75. The molecule has 2 aromatic heterocycles. The first-order valence-electron chi connectivity index (χ1n) is 8.11. The summed E-state index contributed by atoms with van der Waals surface area (Å²) >= 11 is 0. The summed E-state index contributed by atoms with van der Waals surface area (Å²) in [7, 11) is 0. The van der Waals surface area contributed by atoms with Gasteiger partial charge in [0.2, 0.25) is 5.91 Å². The third-order valence-electron chi connectivity index (χ3n) is 3.96. The van der Waals surface area contributed by atoms with E-state index < -0.39 is 0 Å². The summed E-state index contributed by atoms with van der Waals surface area (Å²) in [6, 6.07) is 1.90. The first kappa shape index (κ1) is 15.6. The Morgan fingerprint density at radius 1 is 1.48 bits per heavy atom. The Hall–Kier alpha value is -2.25. The van der Waals surface area contributed by atoms with Gasteiger partial charge >= 0.3 is 0 Å². The highest BCUT2D eigenvalue weighted by molar-refractivity contribution is 5.82. The van der Waals surface area contributed by atoms with E-state index in [-0.39, 0.29) is 11.8 Å². The van der Waals surface area contributed by atoms with Gasteiger partial charge < -0.3 is 9.84 Å². The van der Waals surface area contributed by atoms with Crippen molar-refractivity contribution in [2.75, 3.05) is 0 Å². The summed E-state index contributed by atoms with van der Waals surface area (Å²) < 4.78 is 7.00. The lowest BCUT2D eigenvalue weighted by molar-refractivity contribution is -0.123. The van der Waals surface area contributed by atoms with E-state index in [0.717, 1.165) is 37.9 Å². The molecule has 0 bridgehead atoms. The number of carbonyl (C=O) groups is 1. The van der Waals surface area contributed by atoms with Crippen molar-refractivity contribution < 1.29 is 9.32 Å². The van der Waals surface area contributed by atoms with Crippen LogP contribution in [0, 0.1) is 5.92 Å². The largest absolute Gasteiger partial charge is 0.359 e. The molecule has 0 aromatic carbocycles. The molecule has 0 radical (unpaired) electrons. The highest BCUT2D eigenvalue weighted by atomic mass is 16.5. The molecule has 0 saturated heterocycles. The molecule has 8 heteroatoms. The topological polar surface area (TPSA) is 98.7 Å². The van der Waals surface area contributed by atoms with Crippen molar-refractivity contribution in [3.8, 4) is 0 Å². The Balaban J connectivity index is 1.60. The number of amides is 1. The van der Waals surface area contributed by atoms with Gasteiger partial charge in [-0.1, -0.05) is 25.4 Å². The van der Waals surface area contributed by atoms with Crippen molar-refractivity contribution in [2.45, 2.75) is 58.5 Å². The summed E-state index contributed by atoms with van der Waals surface area (Å²) in [5.41, 5.74) is 0.919. The van der Waals surface area contributed by atoms with E-state index in [1.165, 1.54) is 0 Å². The van der Waals surface area contributed by atoms with Crippen molar-refractivity contribution in [1.29, 1.82) is 0 Å². The number of hydrogen-bond donors (Lipinski definition) is 1. The summed E-state index contributed by atoms with van der Waals surface area (Å²) in [4.78, 5) is 12.5. The molecule has 23 heavy (non-hydrogen) atoms. The minimum absolute atomic E-state index is 0.0650. The van der Waals surface area contributed by atoms with Gasteiger partial charge in [-0.2, -0.15) is 0 Å². The molecular weight excluding hydrogens is 296 g/mol. The second-order valence-corrected chi connectivity index (χ2v) is 6.41. The van der Waals surface area contributed by atoms with Gasteiger partial charge in [-0.25, -0.2) is 4.68 Å². The van der Waals surface area contributed by atoms with Gasteiger partial charge in [-0.3, -0.25) is 4.79 Å². The molecule has 0 spiro atoms. The van der Waals surface area contributed by atoms with Crippen LogP contribution in [-0.4, -0.2) is 31.3 Å². The number of rotatable bonds is 5. The van der Waals surface area contributed by atoms with E-state index in [2.05, 4.69) is 39.8 Å². The molecule has 1 aliphatic heterocycles. The van der Waals surface area contributed by atoms with Crippen LogP contribution in [0.1, 0.15) is 56.3 Å². The van der Waals surface area contributed by atoms with E-state index in [0.29, 0.717) is 24.0 Å². The van der Waals surface area contributed by atoms with E-state index in [1.807, 2.05) is 6.07 Å². The van der Waals surface area contributed by atoms with Gasteiger partial charge in [0.15, 0.2) is 11.6 Å². The van der Waals surface area contributed by atoms with E-state index in [1.54, 1.807) is 4.68 Å². The van der Waals surface area contributed by atoms with Crippen LogP contribution in [0.15, 0.2) is 10.6 Å². The summed E-state index contributed by atoms with van der Waals surface area (Å²) in [5.74, 6) is 1.47. The number of nitrogens with zero attached hydrogens (tertiary/aromatic N) is 5. The molecule has 1 amide bonds. The van der Waals surface area contributed by atoms with Gasteiger partial charge in [0, 0.05) is 12.6 Å². The fourth-order valence-corrected chi connectivity index (χ4v) is 2.86. The highest BCUT2D eigenvalue weighted by Gasteiger charge is 2.28. The van der Waals surface area contributed by atoms with Crippen molar-refractivity contribution in [1.82, 2.24) is 30.7 Å². The Kier molecular flexibility index (Phi) is 4.68. The highest BCUT2D eigenvalue weighted by Crippen LogP contribution is 2.24. The maximum Gasteiger partial charge on any atom is 0.231 e. The van der Waals surface area contributed by atoms with Crippen molar-refractivity contribution in [3.63, 3.8) is 0 Å². The fraction of sp³-hybridized carbons (Fsp3) is 0.667. The normalized spacial score (nSPS) is 17.8. The first-order valence-corrected chi connectivity index (χ1v) is 8.11. The fourth-order valence-electron chi connectivity index (χ4n) is 2.86. The van der Waals surface area contributed by atoms with E-state index in [4.69, 9.17) is 4.52 Å². The number of nitrogens with one attached hydrogen (secondary N) is 1. The molecular formula is C15H22N6O2. The summed E-state index contributed by atoms with van der Waals surface area (Å²) in [6.45, 7) is 5.37. The quantitative estimate of drug-likeness (QED) is 0.895. The van der Waals surface area contributed by atoms with Crippen LogP contribution in [0.5, 0.6) is 0 Å². The molecule has 2 aromatic rings. The van der Waals surface area contributed by atoms with Crippen LogP contribution in [0.25, 0.3) is 0 Å². The smallest absolute Gasteiger partial charge is 0.231 e. The Bertz CT molecular complexity index is 662. The molecule has 3 rings (SSSR count). The van der Waals surface area contributed by atoms with Crippen LogP contribution in [0.2, 0.25) is 0 Å². The average Bonchev–Trinajstić information content (AvgIpc) is 3.10. The molecule has 3 heterocycles. The summed E-state index contributed by atoms with van der Waals surface area (Å²) in [6.07, 6.45) is 3.60. The van der Waals surface area contributed by atoms with Crippen LogP contribution < -0.4 is 5.32 Å². The number of fused-ring (bicyclic) bond motifs is 1. The second-order valence-electron chi connectivity index (χ2n) is 6.41. The summed E-state index contributed by atoms with van der Waals surface area (Å²) in [5, 5.41) is 18.6. The molecule has 1 aliphatic rings. The average molecular weight is 318 g/mol. The lowest BCUT2D eigenvalue weighted by Crippen LogP contribution is -2.30. The number of tetrazole rings is 1. The third-order valence-corrected chi connectivity index (χ3v) is 3.96. The van der Waals surface area contributed by atoms with Gasteiger partial charge in [0.25, 0.3) is 0 Å². The van der Waals surface area contributed by atoms with Crippen molar-refractivity contribution >= 4 is 5.91 Å². The van der Waals surface area contributed by atoms with Gasteiger partial charge in [0.1, 0.15) is 0 Å². The monoisotopic (exact) mass is 318 g/mol. The standard InChI is InChI=1S/C15H22N6O2/c1-10(2)7-11-8-12(23-18-11)9-16-15(22)13-5-3-4-6-21-14(13)17-19-20-21/h8,10,13H,3-7,9H2,1-2H3,(H,16,22). The molecule has 8 nitrogen and oxygen atoms in total.